The van der Waals surface area contributed by atoms with E-state index < -0.39 is 5.67 Å². The number of alkyl halides is 1. The predicted octanol–water partition coefficient (Wildman–Crippen LogP) is 3.81. The van der Waals surface area contributed by atoms with Crippen LogP contribution in [0.15, 0.2) is 0 Å². The van der Waals surface area contributed by atoms with Gasteiger partial charge in [-0.2, -0.15) is 0 Å². The van der Waals surface area contributed by atoms with Crippen LogP contribution >= 0.6 is 0 Å². The van der Waals surface area contributed by atoms with E-state index in [1.165, 1.54) is 19.3 Å². The van der Waals surface area contributed by atoms with E-state index >= 15 is 4.39 Å². The van der Waals surface area contributed by atoms with Crippen LogP contribution in [0, 0.1) is 11.8 Å². The summed E-state index contributed by atoms with van der Waals surface area (Å²) < 4.78 is 15.0. The number of rotatable bonds is 2. The van der Waals surface area contributed by atoms with Gasteiger partial charge in [0, 0.05) is 6.04 Å². The van der Waals surface area contributed by atoms with Crippen LogP contribution in [-0.2, 0) is 0 Å². The Bertz CT molecular complexity index is 221. The third kappa shape index (κ3) is 2.42. The van der Waals surface area contributed by atoms with Crippen LogP contribution in [0.5, 0.6) is 0 Å². The Balaban J connectivity index is 2.03. The second-order valence-corrected chi connectivity index (χ2v) is 5.93. The quantitative estimate of drug-likeness (QED) is 0.762. The lowest BCUT2D eigenvalue weighted by Crippen LogP contribution is -2.44. The third-order valence-electron chi connectivity index (χ3n) is 4.96. The molecule has 2 fully saturated rings. The molecule has 0 amide bonds. The predicted molar refractivity (Wildman–Crippen MR) is 66.0 cm³/mol. The molecule has 2 saturated carbocycles. The average molecular weight is 227 g/mol. The molecule has 1 nitrogen and oxygen atoms in total. The molecule has 0 bridgehead atoms. The van der Waals surface area contributed by atoms with E-state index in [0.717, 1.165) is 38.5 Å². The highest BCUT2D eigenvalue weighted by Crippen LogP contribution is 2.47. The summed E-state index contributed by atoms with van der Waals surface area (Å²) in [4.78, 5) is 0. The number of halogens is 1. The fourth-order valence-electron chi connectivity index (χ4n) is 3.87. The van der Waals surface area contributed by atoms with Gasteiger partial charge in [-0.25, -0.2) is 4.39 Å². The molecule has 16 heavy (non-hydrogen) atoms. The molecule has 2 unspecified atom stereocenters. The Labute approximate surface area is 99.0 Å². The van der Waals surface area contributed by atoms with Crippen molar-refractivity contribution in [1.82, 2.24) is 0 Å². The molecule has 2 atom stereocenters. The molecule has 2 heteroatoms. The van der Waals surface area contributed by atoms with Crippen molar-refractivity contribution in [3.63, 3.8) is 0 Å². The lowest BCUT2D eigenvalue weighted by atomic mass is 9.65. The first kappa shape index (κ1) is 12.3. The van der Waals surface area contributed by atoms with Crippen LogP contribution in [0.1, 0.15) is 64.7 Å². The van der Waals surface area contributed by atoms with Gasteiger partial charge < -0.3 is 5.73 Å². The zero-order chi connectivity index (χ0) is 11.6. The van der Waals surface area contributed by atoms with Gasteiger partial charge in [-0.1, -0.05) is 32.6 Å². The largest absolute Gasteiger partial charge is 0.328 e. The van der Waals surface area contributed by atoms with Gasteiger partial charge in [0.15, 0.2) is 0 Å². The summed E-state index contributed by atoms with van der Waals surface area (Å²) in [6.07, 6.45) is 9.28. The number of hydrogen-bond acceptors (Lipinski definition) is 1. The summed E-state index contributed by atoms with van der Waals surface area (Å²) in [6, 6.07) is 0.257. The molecule has 2 rings (SSSR count). The van der Waals surface area contributed by atoms with Crippen molar-refractivity contribution in [3.05, 3.63) is 0 Å². The van der Waals surface area contributed by atoms with E-state index in [4.69, 9.17) is 5.73 Å². The van der Waals surface area contributed by atoms with Crippen molar-refractivity contribution >= 4 is 0 Å². The van der Waals surface area contributed by atoms with Crippen LogP contribution in [0.2, 0.25) is 0 Å². The van der Waals surface area contributed by atoms with Crippen LogP contribution in [0.25, 0.3) is 0 Å². The van der Waals surface area contributed by atoms with Gasteiger partial charge >= 0.3 is 0 Å². The molecule has 0 radical (unpaired) electrons. The van der Waals surface area contributed by atoms with Crippen molar-refractivity contribution in [2.75, 3.05) is 0 Å². The fourth-order valence-corrected chi connectivity index (χ4v) is 3.87. The maximum atomic E-state index is 15.0. The second kappa shape index (κ2) is 5.03. The van der Waals surface area contributed by atoms with Gasteiger partial charge in [-0.15, -0.1) is 0 Å². The standard InChI is InChI=1S/C14H26FN/c1-2-11-5-3-4-6-13(11)14(15)9-7-12(16)8-10-14/h11-13H,2-10,16H2,1H3. The zero-order valence-electron chi connectivity index (χ0n) is 10.6. The fraction of sp³-hybridized carbons (Fsp3) is 1.00. The molecular weight excluding hydrogens is 201 g/mol. The van der Waals surface area contributed by atoms with Crippen molar-refractivity contribution in [2.45, 2.75) is 76.4 Å². The third-order valence-corrected chi connectivity index (χ3v) is 4.96. The average Bonchev–Trinajstić information content (AvgIpc) is 2.33. The zero-order valence-corrected chi connectivity index (χ0v) is 10.6. The SMILES string of the molecule is CCC1CCCCC1C1(F)CCC(N)CC1. The molecule has 0 saturated heterocycles. The normalized spacial score (nSPS) is 45.6. The summed E-state index contributed by atoms with van der Waals surface area (Å²) in [6.45, 7) is 2.22. The van der Waals surface area contributed by atoms with Gasteiger partial charge in [0.05, 0.1) is 0 Å². The molecule has 0 aromatic rings. The molecule has 0 aliphatic heterocycles. The smallest absolute Gasteiger partial charge is 0.114 e. The van der Waals surface area contributed by atoms with Gasteiger partial charge in [-0.05, 0) is 43.9 Å². The number of hydrogen-bond donors (Lipinski definition) is 1. The summed E-state index contributed by atoms with van der Waals surface area (Å²) in [5, 5.41) is 0. The summed E-state index contributed by atoms with van der Waals surface area (Å²) in [5.41, 5.74) is 5.01. The van der Waals surface area contributed by atoms with E-state index in [9.17, 15) is 0 Å². The molecule has 0 aromatic heterocycles. The molecular formula is C14H26FN. The highest BCUT2D eigenvalue weighted by Gasteiger charge is 2.45. The van der Waals surface area contributed by atoms with Crippen molar-refractivity contribution in [3.8, 4) is 0 Å². The minimum atomic E-state index is -0.878. The monoisotopic (exact) mass is 227 g/mol. The first-order valence-corrected chi connectivity index (χ1v) is 7.10. The van der Waals surface area contributed by atoms with E-state index in [1.54, 1.807) is 0 Å². The maximum absolute atomic E-state index is 15.0. The van der Waals surface area contributed by atoms with Gasteiger partial charge in [-0.3, -0.25) is 0 Å². The van der Waals surface area contributed by atoms with Gasteiger partial charge in [0.25, 0.3) is 0 Å². The van der Waals surface area contributed by atoms with E-state index in [1.807, 2.05) is 0 Å². The van der Waals surface area contributed by atoms with Crippen LogP contribution in [-0.4, -0.2) is 11.7 Å². The Morgan fingerprint density at radius 2 is 1.75 bits per heavy atom. The van der Waals surface area contributed by atoms with Gasteiger partial charge in [0.2, 0.25) is 0 Å². The van der Waals surface area contributed by atoms with Crippen molar-refractivity contribution in [1.29, 1.82) is 0 Å². The maximum Gasteiger partial charge on any atom is 0.114 e. The first-order valence-electron chi connectivity index (χ1n) is 7.10. The van der Waals surface area contributed by atoms with Crippen LogP contribution < -0.4 is 5.73 Å². The molecule has 2 aliphatic rings. The second-order valence-electron chi connectivity index (χ2n) is 5.93. The summed E-state index contributed by atoms with van der Waals surface area (Å²) in [5.74, 6) is 0.965. The first-order chi connectivity index (χ1) is 7.65. The number of nitrogens with two attached hydrogens (primary N) is 1. The minimum Gasteiger partial charge on any atom is -0.328 e. The topological polar surface area (TPSA) is 26.0 Å². The Hall–Kier alpha value is -0.110. The van der Waals surface area contributed by atoms with E-state index in [2.05, 4.69) is 6.92 Å². The van der Waals surface area contributed by atoms with Crippen molar-refractivity contribution < 1.29 is 4.39 Å². The highest BCUT2D eigenvalue weighted by molar-refractivity contribution is 4.96. The molecule has 0 spiro atoms. The Kier molecular flexibility index (Phi) is 3.89. The highest BCUT2D eigenvalue weighted by atomic mass is 19.1. The van der Waals surface area contributed by atoms with Crippen molar-refractivity contribution in [2.24, 2.45) is 17.6 Å². The lowest BCUT2D eigenvalue weighted by molar-refractivity contribution is -0.0161. The van der Waals surface area contributed by atoms with E-state index in [-0.39, 0.29) is 6.04 Å². The summed E-state index contributed by atoms with van der Waals surface area (Å²) >= 11 is 0. The lowest BCUT2D eigenvalue weighted by Gasteiger charge is -2.44. The molecule has 2 N–H and O–H groups in total. The van der Waals surface area contributed by atoms with Crippen LogP contribution in [0.4, 0.5) is 4.39 Å². The van der Waals surface area contributed by atoms with Crippen LogP contribution in [0.3, 0.4) is 0 Å². The molecule has 94 valence electrons. The Morgan fingerprint density at radius 3 is 2.38 bits per heavy atom. The van der Waals surface area contributed by atoms with E-state index in [0.29, 0.717) is 11.8 Å². The Morgan fingerprint density at radius 1 is 1.12 bits per heavy atom. The van der Waals surface area contributed by atoms with Gasteiger partial charge in [0.1, 0.15) is 5.67 Å². The molecule has 0 aromatic carbocycles. The minimum absolute atomic E-state index is 0.257. The molecule has 0 heterocycles. The molecule has 2 aliphatic carbocycles. The summed E-state index contributed by atoms with van der Waals surface area (Å²) in [7, 11) is 0.